The molecule has 0 aliphatic carbocycles. The van der Waals surface area contributed by atoms with Gasteiger partial charge in [-0.15, -0.1) is 0 Å². The minimum absolute atomic E-state index is 0.0869. The summed E-state index contributed by atoms with van der Waals surface area (Å²) in [7, 11) is 1.37. The summed E-state index contributed by atoms with van der Waals surface area (Å²) < 4.78 is 26.5. The molecule has 1 aromatic heterocycles. The Balaban J connectivity index is 1.73. The topological polar surface area (TPSA) is 139 Å². The number of benzene rings is 1. The van der Waals surface area contributed by atoms with Gasteiger partial charge in [-0.3, -0.25) is 14.4 Å². The van der Waals surface area contributed by atoms with Crippen molar-refractivity contribution in [1.82, 2.24) is 10.3 Å². The van der Waals surface area contributed by atoms with Crippen LogP contribution >= 0.6 is 0 Å². The van der Waals surface area contributed by atoms with Crippen LogP contribution in [0.3, 0.4) is 0 Å². The molecule has 2 heterocycles. The SMILES string of the molecule is CCC(=O)OCOc1c(OC)ccnc1C(=O)N[C@H]1COC(=O)[C@H](Cc2ccccc2)CC(C)OC1=O. The number of cyclic esters (lactones) is 2. The van der Waals surface area contributed by atoms with E-state index in [1.54, 1.807) is 13.8 Å². The molecule has 0 saturated carbocycles. The maximum absolute atomic E-state index is 13.1. The molecule has 2 aromatic rings. The highest BCUT2D eigenvalue weighted by molar-refractivity contribution is 5.98. The molecule has 1 aliphatic heterocycles. The van der Waals surface area contributed by atoms with Crippen molar-refractivity contribution in [1.29, 1.82) is 0 Å². The van der Waals surface area contributed by atoms with Crippen molar-refractivity contribution in [2.75, 3.05) is 20.5 Å². The molecule has 1 N–H and O–H groups in total. The highest BCUT2D eigenvalue weighted by Gasteiger charge is 2.33. The minimum atomic E-state index is -1.28. The molecular formula is C26H30N2O9. The van der Waals surface area contributed by atoms with Crippen molar-refractivity contribution in [2.45, 2.75) is 45.3 Å². The molecule has 11 nitrogen and oxygen atoms in total. The fourth-order valence-corrected chi connectivity index (χ4v) is 3.72. The van der Waals surface area contributed by atoms with Gasteiger partial charge in [0.2, 0.25) is 6.79 Å². The Labute approximate surface area is 214 Å². The van der Waals surface area contributed by atoms with Crippen molar-refractivity contribution < 1.29 is 42.9 Å². The Hall–Kier alpha value is -4.15. The number of esters is 3. The van der Waals surface area contributed by atoms with Crippen LogP contribution < -0.4 is 14.8 Å². The molecule has 198 valence electrons. The predicted octanol–water partition coefficient (Wildman–Crippen LogP) is 2.22. The van der Waals surface area contributed by atoms with E-state index >= 15 is 0 Å². The summed E-state index contributed by atoms with van der Waals surface area (Å²) in [6.45, 7) is 2.41. The summed E-state index contributed by atoms with van der Waals surface area (Å²) in [6.07, 6.45) is 1.57. The first kappa shape index (κ1) is 27.4. The van der Waals surface area contributed by atoms with Crippen LogP contribution in [0.1, 0.15) is 42.7 Å². The molecule has 1 aromatic carbocycles. The van der Waals surface area contributed by atoms with Crippen molar-refractivity contribution in [2.24, 2.45) is 5.92 Å². The monoisotopic (exact) mass is 514 g/mol. The van der Waals surface area contributed by atoms with E-state index in [1.807, 2.05) is 30.3 Å². The van der Waals surface area contributed by atoms with Gasteiger partial charge in [-0.05, 0) is 25.3 Å². The van der Waals surface area contributed by atoms with Crippen LogP contribution in [0.25, 0.3) is 0 Å². The second kappa shape index (κ2) is 13.2. The number of nitrogens with zero attached hydrogens (tertiary/aromatic N) is 1. The van der Waals surface area contributed by atoms with Crippen molar-refractivity contribution in [3.05, 3.63) is 53.9 Å². The van der Waals surface area contributed by atoms with Crippen molar-refractivity contribution in [3.63, 3.8) is 0 Å². The van der Waals surface area contributed by atoms with Crippen LogP contribution in [-0.2, 0) is 35.0 Å². The lowest BCUT2D eigenvalue weighted by molar-refractivity contribution is -0.152. The lowest BCUT2D eigenvalue weighted by Crippen LogP contribution is -2.46. The number of pyridine rings is 1. The van der Waals surface area contributed by atoms with Gasteiger partial charge in [0.25, 0.3) is 5.91 Å². The van der Waals surface area contributed by atoms with Crippen LogP contribution in [0.15, 0.2) is 42.6 Å². The summed E-state index contributed by atoms with van der Waals surface area (Å²) >= 11 is 0. The molecule has 0 spiro atoms. The number of hydrogen-bond donors (Lipinski definition) is 1. The Kier molecular flexibility index (Phi) is 9.82. The van der Waals surface area contributed by atoms with E-state index in [1.165, 1.54) is 19.4 Å². The predicted molar refractivity (Wildman–Crippen MR) is 129 cm³/mol. The van der Waals surface area contributed by atoms with Gasteiger partial charge in [0.05, 0.1) is 19.1 Å². The lowest BCUT2D eigenvalue weighted by Gasteiger charge is -2.19. The zero-order valence-corrected chi connectivity index (χ0v) is 20.9. The first-order chi connectivity index (χ1) is 17.8. The molecule has 37 heavy (non-hydrogen) atoms. The maximum atomic E-state index is 13.1. The van der Waals surface area contributed by atoms with Crippen LogP contribution in [0, 0.1) is 5.92 Å². The standard InChI is InChI=1S/C26H30N2O9/c1-4-21(29)35-15-36-23-20(33-3)10-11-27-22(23)24(30)28-19-14-34-25(31)18(12-16(2)37-26(19)32)13-17-8-6-5-7-9-17/h5-11,16,18-19H,4,12-15H2,1-3H3,(H,28,30)/t16?,18-,19-/m0/s1. The number of carbonyl (C=O) groups excluding carboxylic acids is 4. The van der Waals surface area contributed by atoms with Gasteiger partial charge in [-0.25, -0.2) is 9.78 Å². The third kappa shape index (κ3) is 7.66. The summed E-state index contributed by atoms with van der Waals surface area (Å²) in [4.78, 5) is 54.2. The smallest absolute Gasteiger partial charge is 0.332 e. The first-order valence-electron chi connectivity index (χ1n) is 11.9. The number of nitrogens with one attached hydrogen (secondary N) is 1. The van der Waals surface area contributed by atoms with E-state index in [9.17, 15) is 19.2 Å². The minimum Gasteiger partial charge on any atom is -0.493 e. The zero-order valence-electron chi connectivity index (χ0n) is 20.9. The Bertz CT molecular complexity index is 1110. The van der Waals surface area contributed by atoms with E-state index in [-0.39, 0.29) is 30.0 Å². The summed E-state index contributed by atoms with van der Waals surface area (Å²) in [5.41, 5.74) is 0.731. The largest absolute Gasteiger partial charge is 0.493 e. The third-order valence-corrected chi connectivity index (χ3v) is 5.59. The Morgan fingerprint density at radius 3 is 2.59 bits per heavy atom. The van der Waals surface area contributed by atoms with Gasteiger partial charge in [-0.1, -0.05) is 37.3 Å². The van der Waals surface area contributed by atoms with Crippen LogP contribution in [0.2, 0.25) is 0 Å². The second-order valence-corrected chi connectivity index (χ2v) is 8.35. The summed E-state index contributed by atoms with van der Waals surface area (Å²) in [6, 6.07) is 9.62. The van der Waals surface area contributed by atoms with E-state index in [0.717, 1.165) is 5.56 Å². The van der Waals surface area contributed by atoms with Gasteiger partial charge in [0.15, 0.2) is 23.2 Å². The molecule has 0 radical (unpaired) electrons. The number of amides is 1. The Morgan fingerprint density at radius 1 is 1.14 bits per heavy atom. The van der Waals surface area contributed by atoms with Crippen LogP contribution in [-0.4, -0.2) is 61.5 Å². The highest BCUT2D eigenvalue weighted by atomic mass is 16.7. The molecule has 1 unspecified atom stereocenters. The molecular weight excluding hydrogens is 484 g/mol. The number of carbonyl (C=O) groups is 4. The van der Waals surface area contributed by atoms with Crippen molar-refractivity contribution >= 4 is 23.8 Å². The molecule has 1 fully saturated rings. The Morgan fingerprint density at radius 2 is 1.89 bits per heavy atom. The maximum Gasteiger partial charge on any atom is 0.332 e. The lowest BCUT2D eigenvalue weighted by atomic mass is 9.94. The number of ether oxygens (including phenoxy) is 5. The first-order valence-corrected chi connectivity index (χ1v) is 11.9. The quantitative estimate of drug-likeness (QED) is 0.301. The van der Waals surface area contributed by atoms with Crippen LogP contribution in [0.5, 0.6) is 11.5 Å². The number of aromatic nitrogens is 1. The summed E-state index contributed by atoms with van der Waals surface area (Å²) in [5, 5.41) is 2.49. The van der Waals surface area contributed by atoms with Gasteiger partial charge < -0.3 is 29.0 Å². The van der Waals surface area contributed by atoms with Gasteiger partial charge in [0.1, 0.15) is 6.61 Å². The molecule has 3 rings (SSSR count). The second-order valence-electron chi connectivity index (χ2n) is 8.35. The van der Waals surface area contributed by atoms with E-state index in [2.05, 4.69) is 10.3 Å². The molecule has 11 heteroatoms. The summed E-state index contributed by atoms with van der Waals surface area (Å²) in [5.74, 6) is -2.99. The fraction of sp³-hybridized carbons (Fsp3) is 0.423. The number of methoxy groups -OCH3 is 1. The van der Waals surface area contributed by atoms with Gasteiger partial charge in [-0.2, -0.15) is 0 Å². The number of hydrogen-bond acceptors (Lipinski definition) is 10. The van der Waals surface area contributed by atoms with E-state index in [4.69, 9.17) is 23.7 Å². The average Bonchev–Trinajstić information content (AvgIpc) is 2.94. The fourth-order valence-electron chi connectivity index (χ4n) is 3.72. The molecule has 3 atom stereocenters. The molecule has 0 bridgehead atoms. The third-order valence-electron chi connectivity index (χ3n) is 5.59. The average molecular weight is 515 g/mol. The van der Waals surface area contributed by atoms with Crippen molar-refractivity contribution in [3.8, 4) is 11.5 Å². The number of rotatable bonds is 9. The zero-order chi connectivity index (χ0) is 26.8. The van der Waals surface area contributed by atoms with E-state index < -0.39 is 55.3 Å². The molecule has 1 aliphatic rings. The van der Waals surface area contributed by atoms with E-state index in [0.29, 0.717) is 6.42 Å². The van der Waals surface area contributed by atoms with Crippen LogP contribution in [0.4, 0.5) is 0 Å². The highest BCUT2D eigenvalue weighted by Crippen LogP contribution is 2.29. The van der Waals surface area contributed by atoms with Gasteiger partial charge >= 0.3 is 17.9 Å². The van der Waals surface area contributed by atoms with Gasteiger partial charge in [0, 0.05) is 18.7 Å². The normalized spacial score (nSPS) is 19.8. The molecule has 1 saturated heterocycles. The molecule has 1 amide bonds.